The Labute approximate surface area is 216 Å². The van der Waals surface area contributed by atoms with E-state index in [9.17, 15) is 27.2 Å². The van der Waals surface area contributed by atoms with Gasteiger partial charge in [0.1, 0.15) is 12.1 Å². The second-order valence-corrected chi connectivity index (χ2v) is 9.61. The minimum atomic E-state index is -4.74. The van der Waals surface area contributed by atoms with Crippen LogP contribution in [0, 0.1) is 25.5 Å². The van der Waals surface area contributed by atoms with Gasteiger partial charge in [-0.15, -0.1) is 0 Å². The van der Waals surface area contributed by atoms with E-state index in [1.165, 1.54) is 11.0 Å². The third-order valence-corrected chi connectivity index (χ3v) is 7.38. The van der Waals surface area contributed by atoms with Gasteiger partial charge in [-0.25, -0.2) is 8.78 Å². The maximum absolute atomic E-state index is 15.2. The van der Waals surface area contributed by atoms with Gasteiger partial charge < -0.3 is 14.4 Å². The van der Waals surface area contributed by atoms with Crippen LogP contribution >= 0.6 is 0 Å². The molecule has 4 nitrogen and oxygen atoms in total. The number of amides is 1. The number of alkyl halides is 3. The molecule has 2 heterocycles. The van der Waals surface area contributed by atoms with Crippen molar-refractivity contribution in [2.24, 2.45) is 0 Å². The van der Waals surface area contributed by atoms with Crippen molar-refractivity contribution < 1.29 is 36.3 Å². The largest absolute Gasteiger partial charge is 0.490 e. The molecular formula is C29H24F5NO3. The molecule has 0 fully saturated rings. The SMILES string of the molecule is Cc1cc2c(c(-c3cc(F)c4c(c3C)CCCO4)c1CC=O)CCN2C(=O)c1ccc(C(F)(F)F)cc1F. The molecule has 0 spiro atoms. The van der Waals surface area contributed by atoms with E-state index in [-0.39, 0.29) is 18.7 Å². The number of nitrogens with zero attached hydrogens (tertiary/aromatic N) is 1. The van der Waals surface area contributed by atoms with Crippen LogP contribution in [0.5, 0.6) is 5.75 Å². The van der Waals surface area contributed by atoms with Crippen LogP contribution in [0.2, 0.25) is 0 Å². The van der Waals surface area contributed by atoms with Gasteiger partial charge in [-0.05, 0) is 96.8 Å². The number of hydrogen-bond acceptors (Lipinski definition) is 3. The first-order valence-corrected chi connectivity index (χ1v) is 12.3. The lowest BCUT2D eigenvalue weighted by molar-refractivity contribution is -0.137. The van der Waals surface area contributed by atoms with Gasteiger partial charge in [0.2, 0.25) is 0 Å². The molecule has 0 aromatic heterocycles. The molecule has 2 aliphatic heterocycles. The highest BCUT2D eigenvalue weighted by atomic mass is 19.4. The lowest BCUT2D eigenvalue weighted by Gasteiger charge is -2.25. The van der Waals surface area contributed by atoms with E-state index in [2.05, 4.69) is 0 Å². The van der Waals surface area contributed by atoms with Crippen LogP contribution in [0.15, 0.2) is 30.3 Å². The predicted molar refractivity (Wildman–Crippen MR) is 132 cm³/mol. The molecule has 0 aliphatic carbocycles. The summed E-state index contributed by atoms with van der Waals surface area (Å²) in [7, 11) is 0. The van der Waals surface area contributed by atoms with Gasteiger partial charge in [0, 0.05) is 24.2 Å². The summed E-state index contributed by atoms with van der Waals surface area (Å²) in [5, 5.41) is 0. The second kappa shape index (κ2) is 9.53. The van der Waals surface area contributed by atoms with Crippen LogP contribution in [-0.4, -0.2) is 25.3 Å². The van der Waals surface area contributed by atoms with E-state index in [0.717, 1.165) is 29.9 Å². The molecule has 0 saturated carbocycles. The van der Waals surface area contributed by atoms with Gasteiger partial charge in [0.05, 0.1) is 17.7 Å². The van der Waals surface area contributed by atoms with Crippen LogP contribution in [0.1, 0.15) is 50.2 Å². The number of aldehydes is 1. The van der Waals surface area contributed by atoms with Crippen molar-refractivity contribution in [3.05, 3.63) is 80.9 Å². The third kappa shape index (κ3) is 4.23. The highest BCUT2D eigenvalue weighted by molar-refractivity contribution is 6.08. The molecular weight excluding hydrogens is 505 g/mol. The summed E-state index contributed by atoms with van der Waals surface area (Å²) in [5.41, 5.74) is 3.72. The summed E-state index contributed by atoms with van der Waals surface area (Å²) in [4.78, 5) is 26.3. The van der Waals surface area contributed by atoms with Crippen molar-refractivity contribution in [3.8, 4) is 16.9 Å². The molecule has 198 valence electrons. The van der Waals surface area contributed by atoms with Crippen molar-refractivity contribution in [1.82, 2.24) is 0 Å². The smallest absolute Gasteiger partial charge is 0.416 e. The predicted octanol–water partition coefficient (Wildman–Crippen LogP) is 6.54. The normalized spacial score (nSPS) is 14.7. The van der Waals surface area contributed by atoms with Crippen LogP contribution in [0.25, 0.3) is 11.1 Å². The van der Waals surface area contributed by atoms with Gasteiger partial charge >= 0.3 is 6.18 Å². The van der Waals surface area contributed by atoms with Crippen molar-refractivity contribution in [2.45, 2.75) is 45.7 Å². The van der Waals surface area contributed by atoms with Crippen molar-refractivity contribution in [2.75, 3.05) is 18.1 Å². The summed E-state index contributed by atoms with van der Waals surface area (Å²) in [6.07, 6.45) is -2.17. The van der Waals surface area contributed by atoms with E-state index >= 15 is 4.39 Å². The third-order valence-electron chi connectivity index (χ3n) is 7.38. The van der Waals surface area contributed by atoms with E-state index in [1.54, 1.807) is 13.0 Å². The average molecular weight is 530 g/mol. The van der Waals surface area contributed by atoms with Crippen LogP contribution in [0.3, 0.4) is 0 Å². The highest BCUT2D eigenvalue weighted by Crippen LogP contribution is 2.45. The number of carbonyl (C=O) groups is 2. The molecule has 3 aromatic rings. The van der Waals surface area contributed by atoms with Gasteiger partial charge in [-0.3, -0.25) is 4.79 Å². The Hall–Kier alpha value is -3.75. The molecule has 38 heavy (non-hydrogen) atoms. The molecule has 0 N–H and O–H groups in total. The molecule has 0 bridgehead atoms. The summed E-state index contributed by atoms with van der Waals surface area (Å²) >= 11 is 0. The second-order valence-electron chi connectivity index (χ2n) is 9.61. The maximum Gasteiger partial charge on any atom is 0.416 e. The van der Waals surface area contributed by atoms with E-state index < -0.39 is 34.8 Å². The zero-order valence-electron chi connectivity index (χ0n) is 20.8. The Morgan fingerprint density at radius 3 is 2.50 bits per heavy atom. The van der Waals surface area contributed by atoms with Crippen LogP contribution in [-0.2, 0) is 30.2 Å². The first-order valence-electron chi connectivity index (χ1n) is 12.3. The van der Waals surface area contributed by atoms with Crippen LogP contribution in [0.4, 0.5) is 27.6 Å². The molecule has 0 unspecified atom stereocenters. The zero-order valence-corrected chi connectivity index (χ0v) is 20.8. The summed E-state index contributed by atoms with van der Waals surface area (Å²) in [5.74, 6) is -2.32. The number of aryl methyl sites for hydroxylation is 1. The number of carbonyl (C=O) groups excluding carboxylic acids is 2. The lowest BCUT2D eigenvalue weighted by Crippen LogP contribution is -2.30. The Bertz CT molecular complexity index is 1480. The number of rotatable bonds is 4. The number of benzene rings is 3. The fourth-order valence-electron chi connectivity index (χ4n) is 5.53. The first kappa shape index (κ1) is 25.9. The minimum Gasteiger partial charge on any atom is -0.490 e. The highest BCUT2D eigenvalue weighted by Gasteiger charge is 2.35. The maximum atomic E-state index is 15.2. The van der Waals surface area contributed by atoms with E-state index in [1.807, 2.05) is 6.92 Å². The zero-order chi connectivity index (χ0) is 27.4. The van der Waals surface area contributed by atoms with Crippen molar-refractivity contribution >= 4 is 17.9 Å². The standard InChI is InChI=1S/C29H24F5NO3/c1-15-12-25-21(7-9-35(25)28(37)20-6-5-17(13-23(20)30)29(32,33)34)26(18(15)8-10-36)22-14-24(31)27-19(16(22)2)4-3-11-38-27/h5-6,10,12-14H,3-4,7-9,11H2,1-2H3. The Morgan fingerprint density at radius 2 is 1.82 bits per heavy atom. The number of fused-ring (bicyclic) bond motifs is 2. The lowest BCUT2D eigenvalue weighted by atomic mass is 9.84. The topological polar surface area (TPSA) is 46.6 Å². The van der Waals surface area contributed by atoms with E-state index in [0.29, 0.717) is 65.1 Å². The summed E-state index contributed by atoms with van der Waals surface area (Å²) in [6.45, 7) is 4.23. The number of anilines is 1. The van der Waals surface area contributed by atoms with Gasteiger partial charge in [-0.1, -0.05) is 0 Å². The minimum absolute atomic E-state index is 0.0740. The summed E-state index contributed by atoms with van der Waals surface area (Å²) < 4.78 is 74.4. The number of ether oxygens (including phenoxy) is 1. The van der Waals surface area contributed by atoms with E-state index in [4.69, 9.17) is 4.74 Å². The monoisotopic (exact) mass is 529 g/mol. The Balaban J connectivity index is 1.65. The van der Waals surface area contributed by atoms with Crippen molar-refractivity contribution in [3.63, 3.8) is 0 Å². The molecule has 2 aliphatic rings. The van der Waals surface area contributed by atoms with Gasteiger partial charge in [0.25, 0.3) is 5.91 Å². The summed E-state index contributed by atoms with van der Waals surface area (Å²) in [6, 6.07) is 4.95. The van der Waals surface area contributed by atoms with Gasteiger partial charge in [-0.2, -0.15) is 13.2 Å². The average Bonchev–Trinajstić information content (AvgIpc) is 3.29. The molecule has 0 atom stereocenters. The molecule has 9 heteroatoms. The quantitative estimate of drug-likeness (QED) is 0.285. The Morgan fingerprint density at radius 1 is 1.05 bits per heavy atom. The molecule has 1 amide bonds. The Kier molecular flexibility index (Phi) is 6.49. The van der Waals surface area contributed by atoms with Crippen molar-refractivity contribution in [1.29, 1.82) is 0 Å². The fourth-order valence-corrected chi connectivity index (χ4v) is 5.53. The first-order chi connectivity index (χ1) is 18.0. The molecule has 0 radical (unpaired) electrons. The molecule has 3 aromatic carbocycles. The number of halogens is 5. The number of hydrogen-bond donors (Lipinski definition) is 0. The van der Waals surface area contributed by atoms with Gasteiger partial charge in [0.15, 0.2) is 11.6 Å². The fraction of sp³-hybridized carbons (Fsp3) is 0.310. The molecule has 5 rings (SSSR count). The molecule has 0 saturated heterocycles. The van der Waals surface area contributed by atoms with Crippen LogP contribution < -0.4 is 9.64 Å².